The minimum Gasteiger partial charge on any atom is -0.480 e. The zero-order chi connectivity index (χ0) is 22.3. The third-order valence-electron chi connectivity index (χ3n) is 6.14. The van der Waals surface area contributed by atoms with E-state index in [9.17, 15) is 20.0 Å². The first-order chi connectivity index (χ1) is 14.9. The number of unbranched alkanes of at least 4 members (excludes halogenated alkanes) is 1. The minimum atomic E-state index is -1.02. The fourth-order valence-corrected chi connectivity index (χ4v) is 4.12. The highest BCUT2D eigenvalue weighted by Gasteiger charge is 2.44. The van der Waals surface area contributed by atoms with Crippen LogP contribution < -0.4 is 10.6 Å². The van der Waals surface area contributed by atoms with Crippen molar-refractivity contribution in [2.75, 3.05) is 31.5 Å². The Hall–Kier alpha value is -2.66. The molecule has 0 bridgehead atoms. The molecule has 1 atom stereocenters. The van der Waals surface area contributed by atoms with Crippen LogP contribution in [0.15, 0.2) is 12.1 Å². The van der Waals surface area contributed by atoms with Crippen LogP contribution in [0.3, 0.4) is 0 Å². The average molecular weight is 428 g/mol. The molecule has 0 saturated heterocycles. The van der Waals surface area contributed by atoms with E-state index < -0.39 is 12.0 Å². The molecule has 1 aliphatic heterocycles. The Labute approximate surface area is 184 Å². The highest BCUT2D eigenvalue weighted by atomic mass is 16.4. The van der Waals surface area contributed by atoms with Gasteiger partial charge in [-0.1, -0.05) is 6.07 Å². The van der Waals surface area contributed by atoms with Crippen LogP contribution in [0.25, 0.3) is 0 Å². The number of carboxylic acid groups (broad SMARTS) is 1. The van der Waals surface area contributed by atoms with E-state index in [4.69, 9.17) is 4.98 Å². The van der Waals surface area contributed by atoms with E-state index in [1.54, 1.807) is 0 Å². The predicted molar refractivity (Wildman–Crippen MR) is 118 cm³/mol. The van der Waals surface area contributed by atoms with Gasteiger partial charge in [0.2, 0.25) is 5.91 Å². The minimum absolute atomic E-state index is 0.279. The number of carbonyl (C=O) groups is 2. The summed E-state index contributed by atoms with van der Waals surface area (Å²) in [4.78, 5) is 29.6. The van der Waals surface area contributed by atoms with Crippen molar-refractivity contribution in [1.82, 2.24) is 15.2 Å². The third kappa shape index (κ3) is 6.93. The molecule has 8 nitrogen and oxygen atoms in total. The van der Waals surface area contributed by atoms with E-state index in [1.807, 2.05) is 0 Å². The van der Waals surface area contributed by atoms with Crippen molar-refractivity contribution in [3.63, 3.8) is 0 Å². The number of anilines is 1. The molecular formula is C23H33N5O3. The fraction of sp³-hybridized carbons (Fsp3) is 0.652. The summed E-state index contributed by atoms with van der Waals surface area (Å²) in [5.74, 6) is -0.349. The summed E-state index contributed by atoms with van der Waals surface area (Å²) in [6.45, 7) is 4.32. The Morgan fingerprint density at radius 3 is 2.84 bits per heavy atom. The van der Waals surface area contributed by atoms with Crippen LogP contribution in [-0.4, -0.2) is 59.1 Å². The van der Waals surface area contributed by atoms with Crippen LogP contribution in [0.5, 0.6) is 0 Å². The number of nitriles is 1. The number of aryl methyl sites for hydroxylation is 2. The number of carbonyl (C=O) groups excluding carboxylic acids is 1. The van der Waals surface area contributed by atoms with Gasteiger partial charge in [0.25, 0.3) is 0 Å². The van der Waals surface area contributed by atoms with E-state index in [0.29, 0.717) is 19.5 Å². The number of hydrogen-bond acceptors (Lipinski definition) is 6. The molecule has 168 valence electrons. The van der Waals surface area contributed by atoms with Gasteiger partial charge in [0, 0.05) is 32.3 Å². The topological polar surface area (TPSA) is 118 Å². The van der Waals surface area contributed by atoms with Crippen molar-refractivity contribution < 1.29 is 14.7 Å². The van der Waals surface area contributed by atoms with Crippen molar-refractivity contribution >= 4 is 17.7 Å². The van der Waals surface area contributed by atoms with Crippen molar-refractivity contribution in [1.29, 1.82) is 5.26 Å². The number of nitrogens with zero attached hydrogens (tertiary/aromatic N) is 3. The summed E-state index contributed by atoms with van der Waals surface area (Å²) >= 11 is 0. The number of hydrogen-bond donors (Lipinski definition) is 3. The van der Waals surface area contributed by atoms with Crippen molar-refractivity contribution in [3.8, 4) is 6.07 Å². The number of rotatable bonds is 12. The van der Waals surface area contributed by atoms with E-state index >= 15 is 0 Å². The van der Waals surface area contributed by atoms with Gasteiger partial charge < -0.3 is 20.6 Å². The first kappa shape index (κ1) is 23.0. The Bertz CT molecular complexity index is 831. The van der Waals surface area contributed by atoms with Crippen molar-refractivity contribution in [3.05, 3.63) is 23.4 Å². The largest absolute Gasteiger partial charge is 0.480 e. The monoisotopic (exact) mass is 427 g/mol. The predicted octanol–water partition coefficient (Wildman–Crippen LogP) is 2.35. The summed E-state index contributed by atoms with van der Waals surface area (Å²) in [5, 5.41) is 24.7. The van der Waals surface area contributed by atoms with E-state index in [0.717, 1.165) is 69.5 Å². The summed E-state index contributed by atoms with van der Waals surface area (Å²) in [5.41, 5.74) is 2.10. The smallest absolute Gasteiger partial charge is 0.326 e. The second-order valence-corrected chi connectivity index (χ2v) is 8.85. The summed E-state index contributed by atoms with van der Waals surface area (Å²) in [7, 11) is 0. The van der Waals surface area contributed by atoms with Gasteiger partial charge in [0.05, 0.1) is 11.5 Å². The summed E-state index contributed by atoms with van der Waals surface area (Å²) in [6, 6.07) is 5.82. The first-order valence-corrected chi connectivity index (χ1v) is 11.3. The van der Waals surface area contributed by atoms with Gasteiger partial charge in [0.1, 0.15) is 11.9 Å². The highest BCUT2D eigenvalue weighted by molar-refractivity contribution is 5.82. The zero-order valence-electron chi connectivity index (χ0n) is 18.3. The molecule has 3 rings (SSSR count). The van der Waals surface area contributed by atoms with Gasteiger partial charge in [-0.3, -0.25) is 4.79 Å². The normalized spacial score (nSPS) is 17.2. The maximum absolute atomic E-state index is 11.4. The van der Waals surface area contributed by atoms with Crippen LogP contribution in [0.2, 0.25) is 0 Å². The lowest BCUT2D eigenvalue weighted by molar-refractivity contribution is -0.141. The Balaban J connectivity index is 1.49. The second-order valence-electron chi connectivity index (χ2n) is 8.85. The molecule has 1 aromatic heterocycles. The lowest BCUT2D eigenvalue weighted by Crippen LogP contribution is -2.43. The highest BCUT2D eigenvalue weighted by Crippen LogP contribution is 2.45. The van der Waals surface area contributed by atoms with Gasteiger partial charge >= 0.3 is 5.97 Å². The van der Waals surface area contributed by atoms with Crippen LogP contribution >= 0.6 is 0 Å². The number of fused-ring (bicyclic) bond motifs is 1. The molecule has 0 aromatic carbocycles. The number of aliphatic carboxylic acids is 1. The van der Waals surface area contributed by atoms with E-state index in [1.165, 1.54) is 12.5 Å². The molecule has 0 spiro atoms. The Kier molecular flexibility index (Phi) is 7.85. The summed E-state index contributed by atoms with van der Waals surface area (Å²) in [6.07, 6.45) is 7.20. The molecule has 31 heavy (non-hydrogen) atoms. The molecule has 1 unspecified atom stereocenters. The first-order valence-electron chi connectivity index (χ1n) is 11.3. The molecule has 8 heteroatoms. The average Bonchev–Trinajstić information content (AvgIpc) is 3.53. The van der Waals surface area contributed by atoms with Gasteiger partial charge in [-0.15, -0.1) is 0 Å². The molecule has 3 N–H and O–H groups in total. The molecule has 0 radical (unpaired) electrons. The van der Waals surface area contributed by atoms with Gasteiger partial charge in [-0.25, -0.2) is 9.78 Å². The van der Waals surface area contributed by atoms with E-state index in [-0.39, 0.29) is 11.3 Å². The maximum atomic E-state index is 11.4. The number of pyridine rings is 1. The SMILES string of the molecule is CC(=O)NC(CCN(CCCCc1ccc2c(n1)NCCC2)CC1(C#N)CC1)C(=O)O. The van der Waals surface area contributed by atoms with Crippen molar-refractivity contribution in [2.45, 2.75) is 64.3 Å². The van der Waals surface area contributed by atoms with Crippen molar-refractivity contribution in [2.24, 2.45) is 5.41 Å². The number of nitrogens with one attached hydrogen (secondary N) is 2. The van der Waals surface area contributed by atoms with Gasteiger partial charge in [-0.2, -0.15) is 5.26 Å². The van der Waals surface area contributed by atoms with Crippen LogP contribution in [0, 0.1) is 16.7 Å². The third-order valence-corrected chi connectivity index (χ3v) is 6.14. The molecule has 2 heterocycles. The zero-order valence-corrected chi connectivity index (χ0v) is 18.3. The quantitative estimate of drug-likeness (QED) is 0.438. The molecule has 1 aromatic rings. The lowest BCUT2D eigenvalue weighted by Gasteiger charge is -2.26. The van der Waals surface area contributed by atoms with Crippen LogP contribution in [0.4, 0.5) is 5.82 Å². The van der Waals surface area contributed by atoms with E-state index in [2.05, 4.69) is 33.7 Å². The van der Waals surface area contributed by atoms with Gasteiger partial charge in [-0.05, 0) is 69.5 Å². The molecule has 1 fully saturated rings. The van der Waals surface area contributed by atoms with Crippen LogP contribution in [-0.2, 0) is 22.4 Å². The Morgan fingerprint density at radius 1 is 1.35 bits per heavy atom. The Morgan fingerprint density at radius 2 is 2.16 bits per heavy atom. The number of carboxylic acids is 1. The van der Waals surface area contributed by atoms with Gasteiger partial charge in [0.15, 0.2) is 0 Å². The second kappa shape index (κ2) is 10.6. The molecule has 2 aliphatic rings. The fourth-order valence-electron chi connectivity index (χ4n) is 4.12. The number of amides is 1. The van der Waals surface area contributed by atoms with Crippen LogP contribution in [0.1, 0.15) is 56.7 Å². The molecule has 1 aliphatic carbocycles. The molecule has 1 saturated carbocycles. The summed E-state index contributed by atoms with van der Waals surface area (Å²) < 4.78 is 0. The maximum Gasteiger partial charge on any atom is 0.326 e. The lowest BCUT2D eigenvalue weighted by atomic mass is 10.1. The number of aromatic nitrogens is 1. The molecular weight excluding hydrogens is 394 g/mol. The molecule has 1 amide bonds. The standard InChI is InChI=1S/C23H33N5O3/c1-17(29)26-20(22(30)31)9-14-28(16-23(15-24)10-11-23)13-3-2-6-19-8-7-18-5-4-12-25-21(18)27-19/h7-8,20H,2-6,9-14,16H2,1H3,(H,25,27)(H,26,29)(H,30,31).